The van der Waals surface area contributed by atoms with Crippen LogP contribution in [0.2, 0.25) is 5.02 Å². The molecule has 0 amide bonds. The summed E-state index contributed by atoms with van der Waals surface area (Å²) in [6.45, 7) is 6.82. The molecule has 0 aliphatic rings. The smallest absolute Gasteiger partial charge is 0.253 e. The zero-order valence-electron chi connectivity index (χ0n) is 11.1. The second kappa shape index (κ2) is 5.51. The molecule has 2 heterocycles. The summed E-state index contributed by atoms with van der Waals surface area (Å²) < 4.78 is 4.36. The molecule has 4 nitrogen and oxygen atoms in total. The van der Waals surface area contributed by atoms with E-state index in [1.807, 2.05) is 24.6 Å². The van der Waals surface area contributed by atoms with E-state index in [4.69, 9.17) is 11.6 Å². The first-order valence-corrected chi connectivity index (χ1v) is 7.19. The third kappa shape index (κ3) is 2.77. The monoisotopic (exact) mass is 343 g/mol. The van der Waals surface area contributed by atoms with Crippen LogP contribution in [0.15, 0.2) is 21.5 Å². The third-order valence-electron chi connectivity index (χ3n) is 3.00. The molecule has 19 heavy (non-hydrogen) atoms. The molecule has 0 N–H and O–H groups in total. The summed E-state index contributed by atoms with van der Waals surface area (Å²) in [5.74, 6) is 0. The zero-order chi connectivity index (χ0) is 14.2. The van der Waals surface area contributed by atoms with Crippen molar-refractivity contribution >= 4 is 27.5 Å². The topological polar surface area (TPSA) is 39.8 Å². The summed E-state index contributed by atoms with van der Waals surface area (Å²) in [5, 5.41) is 4.99. The van der Waals surface area contributed by atoms with Crippen LogP contribution in [-0.4, -0.2) is 14.3 Å². The van der Waals surface area contributed by atoms with Crippen LogP contribution in [-0.2, 0) is 13.1 Å². The Morgan fingerprint density at radius 2 is 2.11 bits per heavy atom. The number of halogens is 2. The van der Waals surface area contributed by atoms with Crippen LogP contribution in [0.1, 0.15) is 23.9 Å². The lowest BCUT2D eigenvalue weighted by Gasteiger charge is -2.10. The quantitative estimate of drug-likeness (QED) is 0.858. The molecule has 0 unspecified atom stereocenters. The number of rotatable bonds is 3. The third-order valence-corrected chi connectivity index (χ3v) is 3.93. The molecule has 0 saturated heterocycles. The molecule has 0 fully saturated rings. The summed E-state index contributed by atoms with van der Waals surface area (Å²) in [5.41, 5.74) is 2.34. The van der Waals surface area contributed by atoms with Crippen LogP contribution in [0.5, 0.6) is 0 Å². The van der Waals surface area contributed by atoms with Crippen molar-refractivity contribution < 1.29 is 0 Å². The highest BCUT2D eigenvalue weighted by Crippen LogP contribution is 2.21. The summed E-state index contributed by atoms with van der Waals surface area (Å²) in [4.78, 5) is 12.1. The maximum absolute atomic E-state index is 12.1. The number of hydrogen-bond donors (Lipinski definition) is 0. The molecule has 6 heteroatoms. The van der Waals surface area contributed by atoms with Gasteiger partial charge in [-0.3, -0.25) is 9.48 Å². The van der Waals surface area contributed by atoms with Gasteiger partial charge in [0.25, 0.3) is 5.56 Å². The van der Waals surface area contributed by atoms with Crippen molar-refractivity contribution in [2.75, 3.05) is 0 Å². The predicted octanol–water partition coefficient (Wildman–Crippen LogP) is 3.15. The number of aromatic nitrogens is 3. The lowest BCUT2D eigenvalue weighted by Crippen LogP contribution is -2.23. The minimum absolute atomic E-state index is 0.0132. The van der Waals surface area contributed by atoms with E-state index in [9.17, 15) is 4.79 Å². The Kier molecular flexibility index (Phi) is 4.16. The number of aryl methyl sites for hydroxylation is 3. The lowest BCUT2D eigenvalue weighted by molar-refractivity contribution is 0.590. The molecule has 102 valence electrons. The fourth-order valence-electron chi connectivity index (χ4n) is 2.04. The highest BCUT2D eigenvalue weighted by Gasteiger charge is 2.14. The minimum atomic E-state index is -0.0132. The van der Waals surface area contributed by atoms with E-state index >= 15 is 0 Å². The van der Waals surface area contributed by atoms with Gasteiger partial charge in [0.15, 0.2) is 0 Å². The van der Waals surface area contributed by atoms with Crippen LogP contribution in [0.3, 0.4) is 0 Å². The van der Waals surface area contributed by atoms with Crippen LogP contribution in [0.4, 0.5) is 0 Å². The fraction of sp³-hybridized carbons (Fsp3) is 0.385. The molecule has 0 bridgehead atoms. The fourth-order valence-corrected chi connectivity index (χ4v) is 2.82. The van der Waals surface area contributed by atoms with Crippen LogP contribution in [0, 0.1) is 13.8 Å². The number of hydrogen-bond acceptors (Lipinski definition) is 2. The Morgan fingerprint density at radius 3 is 2.74 bits per heavy atom. The van der Waals surface area contributed by atoms with E-state index in [1.165, 1.54) is 0 Å². The zero-order valence-corrected chi connectivity index (χ0v) is 13.4. The van der Waals surface area contributed by atoms with Gasteiger partial charge < -0.3 is 4.57 Å². The van der Waals surface area contributed by atoms with E-state index in [-0.39, 0.29) is 5.56 Å². The molecule has 0 spiro atoms. The highest BCUT2D eigenvalue weighted by atomic mass is 79.9. The minimum Gasteiger partial charge on any atom is -0.308 e. The summed E-state index contributed by atoms with van der Waals surface area (Å²) in [7, 11) is 0. The van der Waals surface area contributed by atoms with Gasteiger partial charge in [0.1, 0.15) is 0 Å². The first kappa shape index (κ1) is 14.3. The maximum Gasteiger partial charge on any atom is 0.253 e. The van der Waals surface area contributed by atoms with Crippen LogP contribution >= 0.6 is 27.5 Å². The molecule has 2 rings (SSSR count). The van der Waals surface area contributed by atoms with E-state index in [1.54, 1.807) is 17.7 Å². The summed E-state index contributed by atoms with van der Waals surface area (Å²) >= 11 is 9.67. The van der Waals surface area contributed by atoms with Gasteiger partial charge in [0, 0.05) is 22.8 Å². The highest BCUT2D eigenvalue weighted by molar-refractivity contribution is 9.10. The van der Waals surface area contributed by atoms with Crippen LogP contribution in [0.25, 0.3) is 0 Å². The van der Waals surface area contributed by atoms with Gasteiger partial charge in [-0.25, -0.2) is 0 Å². The lowest BCUT2D eigenvalue weighted by atomic mass is 10.3. The molecule has 0 saturated carbocycles. The van der Waals surface area contributed by atoms with Crippen molar-refractivity contribution in [2.24, 2.45) is 0 Å². The summed E-state index contributed by atoms with van der Waals surface area (Å²) in [6.07, 6.45) is 1.77. The molecule has 2 aromatic heterocycles. The van der Waals surface area contributed by atoms with Gasteiger partial charge >= 0.3 is 0 Å². The molecule has 0 aliphatic heterocycles. The Hall–Kier alpha value is -1.07. The standard InChI is InChI=1S/C13H15BrClN3O/c1-4-18-11(12(15)9(3)16-18)7-17-6-10(14)5-8(2)13(17)19/h5-6H,4,7H2,1-3H3. The maximum atomic E-state index is 12.1. The first-order chi connectivity index (χ1) is 8.93. The molecule has 0 aliphatic carbocycles. The molecule has 0 aromatic carbocycles. The van der Waals surface area contributed by atoms with E-state index in [2.05, 4.69) is 21.0 Å². The van der Waals surface area contributed by atoms with Gasteiger partial charge in [-0.2, -0.15) is 5.10 Å². The van der Waals surface area contributed by atoms with Crippen molar-refractivity contribution in [2.45, 2.75) is 33.9 Å². The van der Waals surface area contributed by atoms with Gasteiger partial charge in [-0.15, -0.1) is 0 Å². The molecule has 2 aromatic rings. The van der Waals surface area contributed by atoms with E-state index in [0.717, 1.165) is 22.4 Å². The van der Waals surface area contributed by atoms with Crippen molar-refractivity contribution in [1.29, 1.82) is 0 Å². The Labute approximate surface area is 125 Å². The van der Waals surface area contributed by atoms with Crippen molar-refractivity contribution in [3.63, 3.8) is 0 Å². The average Bonchev–Trinajstić information content (AvgIpc) is 2.63. The normalized spacial score (nSPS) is 11.0. The molecule has 0 radical (unpaired) electrons. The SMILES string of the molecule is CCn1nc(C)c(Cl)c1Cn1cc(Br)cc(C)c1=O. The molecular weight excluding hydrogens is 330 g/mol. The second-order valence-electron chi connectivity index (χ2n) is 4.44. The number of nitrogens with zero attached hydrogens (tertiary/aromatic N) is 3. The van der Waals surface area contributed by atoms with Gasteiger partial charge in [0.2, 0.25) is 0 Å². The Bertz CT molecular complexity index is 675. The van der Waals surface area contributed by atoms with Crippen molar-refractivity contribution in [1.82, 2.24) is 14.3 Å². The molecular formula is C13H15BrClN3O. The van der Waals surface area contributed by atoms with Crippen molar-refractivity contribution in [3.05, 3.63) is 49.1 Å². The first-order valence-electron chi connectivity index (χ1n) is 6.02. The molecule has 0 atom stereocenters. The largest absolute Gasteiger partial charge is 0.308 e. The van der Waals surface area contributed by atoms with E-state index < -0.39 is 0 Å². The van der Waals surface area contributed by atoms with Gasteiger partial charge in [-0.1, -0.05) is 11.6 Å². The second-order valence-corrected chi connectivity index (χ2v) is 5.73. The predicted molar refractivity (Wildman–Crippen MR) is 79.9 cm³/mol. The van der Waals surface area contributed by atoms with Gasteiger partial charge in [-0.05, 0) is 42.8 Å². The van der Waals surface area contributed by atoms with Crippen molar-refractivity contribution in [3.8, 4) is 0 Å². The Morgan fingerprint density at radius 1 is 1.42 bits per heavy atom. The Balaban J connectivity index is 2.50. The van der Waals surface area contributed by atoms with E-state index in [0.29, 0.717) is 17.1 Å². The van der Waals surface area contributed by atoms with Gasteiger partial charge in [0.05, 0.1) is 23.0 Å². The number of pyridine rings is 1. The average molecular weight is 345 g/mol. The van der Waals surface area contributed by atoms with Crippen LogP contribution < -0.4 is 5.56 Å². The summed E-state index contributed by atoms with van der Waals surface area (Å²) in [6, 6.07) is 1.81.